The Morgan fingerprint density at radius 3 is 2.97 bits per heavy atom. The van der Waals surface area contributed by atoms with Crippen molar-refractivity contribution in [2.24, 2.45) is 0 Å². The molecule has 0 fully saturated rings. The molecule has 35 heavy (non-hydrogen) atoms. The van der Waals surface area contributed by atoms with E-state index in [9.17, 15) is 4.39 Å². The van der Waals surface area contributed by atoms with Crippen molar-refractivity contribution in [3.8, 4) is 11.4 Å². The molecule has 6 rings (SSSR count). The maximum absolute atomic E-state index is 14.0. The molecule has 1 aliphatic rings. The summed E-state index contributed by atoms with van der Waals surface area (Å²) in [6.07, 6.45) is 7.34. The summed E-state index contributed by atoms with van der Waals surface area (Å²) in [7, 11) is 1.68. The summed E-state index contributed by atoms with van der Waals surface area (Å²) < 4.78 is 21.1. The molecule has 1 aliphatic carbocycles. The van der Waals surface area contributed by atoms with Gasteiger partial charge in [-0.25, -0.2) is 9.37 Å². The summed E-state index contributed by atoms with van der Waals surface area (Å²) in [4.78, 5) is 17.1. The van der Waals surface area contributed by atoms with Crippen LogP contribution < -0.4 is 5.32 Å². The molecule has 0 aliphatic heterocycles. The van der Waals surface area contributed by atoms with E-state index in [1.807, 2.05) is 6.20 Å². The number of para-hydroxylation sites is 1. The van der Waals surface area contributed by atoms with Gasteiger partial charge in [0.25, 0.3) is 0 Å². The maximum atomic E-state index is 14.0. The molecular weight excluding hydrogens is 445 g/mol. The standard InChI is InChI=1S/C26H26FN7O/c1-15(14-35-2)21-13-29-34-25(21)32-24(16-9-17(27)12-28-11-16)33-26(34)30-18-7-8-23-20(10-18)19-5-3-4-6-22(19)31-23/h3-6,9,11-13,15,18,31H,7-8,10,14H2,1-2H3,(H,30,32,33)/t15-,18-/m1/s1. The first-order valence-electron chi connectivity index (χ1n) is 11.8. The zero-order valence-electron chi connectivity index (χ0n) is 19.6. The number of H-pyrrole nitrogens is 1. The Bertz CT molecular complexity index is 1530. The molecular formula is C26H26FN7O. The van der Waals surface area contributed by atoms with Gasteiger partial charge in [-0.3, -0.25) is 4.98 Å². The number of aromatic amines is 1. The van der Waals surface area contributed by atoms with E-state index in [1.165, 1.54) is 34.4 Å². The van der Waals surface area contributed by atoms with Crippen molar-refractivity contribution < 1.29 is 9.13 Å². The van der Waals surface area contributed by atoms with Crippen LogP contribution in [0.25, 0.3) is 27.9 Å². The molecule has 0 bridgehead atoms. The van der Waals surface area contributed by atoms with Gasteiger partial charge < -0.3 is 15.0 Å². The number of hydrogen-bond acceptors (Lipinski definition) is 6. The highest BCUT2D eigenvalue weighted by Crippen LogP contribution is 2.31. The molecule has 178 valence electrons. The number of benzene rings is 1. The van der Waals surface area contributed by atoms with E-state index in [2.05, 4.69) is 51.6 Å². The number of aromatic nitrogens is 6. The quantitative estimate of drug-likeness (QED) is 0.378. The van der Waals surface area contributed by atoms with Gasteiger partial charge in [0.1, 0.15) is 5.82 Å². The number of rotatable bonds is 6. The molecule has 0 saturated heterocycles. The van der Waals surface area contributed by atoms with Crippen molar-refractivity contribution in [3.05, 3.63) is 71.6 Å². The van der Waals surface area contributed by atoms with Crippen LogP contribution in [0.1, 0.15) is 36.1 Å². The van der Waals surface area contributed by atoms with Gasteiger partial charge in [-0.1, -0.05) is 25.1 Å². The van der Waals surface area contributed by atoms with Gasteiger partial charge in [0.2, 0.25) is 5.95 Å². The smallest absolute Gasteiger partial charge is 0.228 e. The Morgan fingerprint density at radius 2 is 2.11 bits per heavy atom. The van der Waals surface area contributed by atoms with Gasteiger partial charge in [0.05, 0.1) is 19.0 Å². The lowest BCUT2D eigenvalue weighted by Gasteiger charge is -2.24. The molecule has 1 aromatic carbocycles. The number of methoxy groups -OCH3 is 1. The summed E-state index contributed by atoms with van der Waals surface area (Å²) in [5.74, 6) is 0.642. The number of hydrogen-bond donors (Lipinski definition) is 2. The highest BCUT2D eigenvalue weighted by Gasteiger charge is 2.25. The van der Waals surface area contributed by atoms with Crippen molar-refractivity contribution in [3.63, 3.8) is 0 Å². The second-order valence-corrected chi connectivity index (χ2v) is 9.17. The van der Waals surface area contributed by atoms with E-state index in [1.54, 1.807) is 17.8 Å². The van der Waals surface area contributed by atoms with E-state index < -0.39 is 5.82 Å². The minimum Gasteiger partial charge on any atom is -0.384 e. The van der Waals surface area contributed by atoms with Gasteiger partial charge in [-0.15, -0.1) is 0 Å². The number of nitrogens with one attached hydrogen (secondary N) is 2. The van der Waals surface area contributed by atoms with Crippen molar-refractivity contribution in [2.45, 2.75) is 38.1 Å². The van der Waals surface area contributed by atoms with Gasteiger partial charge in [-0.2, -0.15) is 14.6 Å². The first kappa shape index (κ1) is 21.7. The minimum atomic E-state index is -0.430. The minimum absolute atomic E-state index is 0.0854. The van der Waals surface area contributed by atoms with E-state index in [-0.39, 0.29) is 12.0 Å². The van der Waals surface area contributed by atoms with Crippen LogP contribution in [-0.4, -0.2) is 49.3 Å². The fourth-order valence-corrected chi connectivity index (χ4v) is 5.01. The number of ether oxygens (including phenoxy) is 1. The second kappa shape index (κ2) is 8.74. The summed E-state index contributed by atoms with van der Waals surface area (Å²) in [6.45, 7) is 2.61. The van der Waals surface area contributed by atoms with Crippen LogP contribution in [0.5, 0.6) is 0 Å². The van der Waals surface area contributed by atoms with Gasteiger partial charge in [0.15, 0.2) is 11.5 Å². The molecule has 9 heteroatoms. The van der Waals surface area contributed by atoms with Crippen LogP contribution in [0.2, 0.25) is 0 Å². The average Bonchev–Trinajstić information content (AvgIpc) is 3.46. The molecule has 0 radical (unpaired) electrons. The van der Waals surface area contributed by atoms with Crippen LogP contribution >= 0.6 is 0 Å². The first-order valence-corrected chi connectivity index (χ1v) is 11.8. The van der Waals surface area contributed by atoms with Crippen LogP contribution in [0, 0.1) is 5.82 Å². The largest absolute Gasteiger partial charge is 0.384 e. The third-order valence-corrected chi connectivity index (χ3v) is 6.73. The first-order chi connectivity index (χ1) is 17.1. The number of fused-ring (bicyclic) bond motifs is 4. The Kier molecular flexibility index (Phi) is 5.41. The van der Waals surface area contributed by atoms with Crippen LogP contribution in [0.15, 0.2) is 48.9 Å². The topological polar surface area (TPSA) is 93.0 Å². The van der Waals surface area contributed by atoms with E-state index >= 15 is 0 Å². The second-order valence-electron chi connectivity index (χ2n) is 9.17. The molecule has 4 heterocycles. The van der Waals surface area contributed by atoms with Crippen molar-refractivity contribution in [2.75, 3.05) is 19.0 Å². The van der Waals surface area contributed by atoms with Crippen molar-refractivity contribution >= 4 is 22.5 Å². The Hall–Kier alpha value is -3.85. The Labute approximate surface area is 201 Å². The molecule has 5 aromatic rings. The lowest BCUT2D eigenvalue weighted by molar-refractivity contribution is 0.184. The van der Waals surface area contributed by atoms with E-state index in [0.29, 0.717) is 29.6 Å². The summed E-state index contributed by atoms with van der Waals surface area (Å²) >= 11 is 0. The zero-order valence-corrected chi connectivity index (χ0v) is 19.6. The summed E-state index contributed by atoms with van der Waals surface area (Å²) in [5.41, 5.74) is 5.97. The molecule has 0 spiro atoms. The highest BCUT2D eigenvalue weighted by atomic mass is 19.1. The third-order valence-electron chi connectivity index (χ3n) is 6.73. The summed E-state index contributed by atoms with van der Waals surface area (Å²) in [6, 6.07) is 9.99. The van der Waals surface area contributed by atoms with Crippen LogP contribution in [-0.2, 0) is 17.6 Å². The van der Waals surface area contributed by atoms with Gasteiger partial charge in [0, 0.05) is 53.0 Å². The van der Waals surface area contributed by atoms with E-state index in [0.717, 1.165) is 24.8 Å². The highest BCUT2D eigenvalue weighted by molar-refractivity contribution is 5.85. The predicted molar refractivity (Wildman–Crippen MR) is 132 cm³/mol. The zero-order chi connectivity index (χ0) is 23.9. The van der Waals surface area contributed by atoms with Gasteiger partial charge in [-0.05, 0) is 37.0 Å². The SMILES string of the molecule is COC[C@@H](C)c1cnn2c(N[C@@H]3CCc4[nH]c5ccccc5c4C3)nc(-c3cncc(F)c3)nc12. The van der Waals surface area contributed by atoms with Gasteiger partial charge >= 0.3 is 0 Å². The predicted octanol–water partition coefficient (Wildman–Crippen LogP) is 4.53. The van der Waals surface area contributed by atoms with E-state index in [4.69, 9.17) is 14.7 Å². The third kappa shape index (κ3) is 3.91. The maximum Gasteiger partial charge on any atom is 0.228 e. The molecule has 2 atom stereocenters. The number of nitrogens with zero attached hydrogens (tertiary/aromatic N) is 5. The molecule has 4 aromatic heterocycles. The Morgan fingerprint density at radius 1 is 1.23 bits per heavy atom. The number of anilines is 1. The lowest BCUT2D eigenvalue weighted by atomic mass is 9.91. The lowest BCUT2D eigenvalue weighted by Crippen LogP contribution is -2.29. The van der Waals surface area contributed by atoms with Crippen LogP contribution in [0.3, 0.4) is 0 Å². The molecule has 2 N–H and O–H groups in total. The molecule has 0 unspecified atom stereocenters. The Balaban J connectivity index is 1.41. The molecule has 8 nitrogen and oxygen atoms in total. The normalized spacial score (nSPS) is 16.5. The fraction of sp³-hybridized carbons (Fsp3) is 0.308. The van der Waals surface area contributed by atoms with Crippen molar-refractivity contribution in [1.82, 2.24) is 29.5 Å². The monoisotopic (exact) mass is 471 g/mol. The number of pyridine rings is 1. The summed E-state index contributed by atoms with van der Waals surface area (Å²) in [5, 5.41) is 9.49. The van der Waals surface area contributed by atoms with Crippen LogP contribution in [0.4, 0.5) is 10.3 Å². The molecule has 0 saturated carbocycles. The van der Waals surface area contributed by atoms with Crippen molar-refractivity contribution in [1.29, 1.82) is 0 Å². The number of halogens is 1. The number of aryl methyl sites for hydroxylation is 1. The fourth-order valence-electron chi connectivity index (χ4n) is 5.01. The average molecular weight is 472 g/mol. The molecule has 0 amide bonds.